The third-order valence-electron chi connectivity index (χ3n) is 5.15. The molecule has 2 heterocycles. The first kappa shape index (κ1) is 23.6. The molecule has 2 aromatic carbocycles. The van der Waals surface area contributed by atoms with Gasteiger partial charge in [0.2, 0.25) is 0 Å². The van der Waals surface area contributed by atoms with E-state index in [4.69, 9.17) is 9.47 Å². The second kappa shape index (κ2) is 10.1. The molecule has 1 N–H and O–H groups in total. The molecule has 0 bridgehead atoms. The zero-order chi connectivity index (χ0) is 24.2. The number of benzene rings is 2. The van der Waals surface area contributed by atoms with Gasteiger partial charge in [-0.15, -0.1) is 0 Å². The van der Waals surface area contributed by atoms with E-state index >= 15 is 0 Å². The minimum Gasteiger partial charge on any atom is -0.483 e. The highest BCUT2D eigenvalue weighted by atomic mass is 79.9. The van der Waals surface area contributed by atoms with Gasteiger partial charge in [-0.2, -0.15) is 0 Å². The fourth-order valence-corrected chi connectivity index (χ4v) is 3.95. The first-order valence-electron chi connectivity index (χ1n) is 10.3. The van der Waals surface area contributed by atoms with Crippen molar-refractivity contribution < 1.29 is 33.0 Å². The lowest BCUT2D eigenvalue weighted by molar-refractivity contribution is -0.137. The molecule has 2 fully saturated rings. The lowest BCUT2D eigenvalue weighted by Gasteiger charge is -2.26. The van der Waals surface area contributed by atoms with E-state index in [0.29, 0.717) is 47.0 Å². The molecule has 0 atom stereocenters. The number of imide groups is 2. The van der Waals surface area contributed by atoms with Crippen molar-refractivity contribution in [2.75, 3.05) is 37.8 Å². The van der Waals surface area contributed by atoms with Crippen LogP contribution < -0.4 is 15.0 Å². The van der Waals surface area contributed by atoms with Crippen molar-refractivity contribution in [1.82, 2.24) is 10.2 Å². The van der Waals surface area contributed by atoms with Crippen molar-refractivity contribution in [3.05, 3.63) is 63.9 Å². The lowest BCUT2D eigenvalue weighted by atomic mass is 10.1. The monoisotopic (exact) mass is 531 g/mol. The Morgan fingerprint density at radius 1 is 1.15 bits per heavy atom. The van der Waals surface area contributed by atoms with Crippen LogP contribution in [0.4, 0.5) is 14.9 Å². The zero-order valence-electron chi connectivity index (χ0n) is 17.8. The molecule has 9 nitrogen and oxygen atoms in total. The molecule has 2 aliphatic heterocycles. The van der Waals surface area contributed by atoms with E-state index in [-0.39, 0.29) is 23.8 Å². The van der Waals surface area contributed by atoms with E-state index in [1.165, 1.54) is 24.3 Å². The van der Waals surface area contributed by atoms with Gasteiger partial charge in [-0.25, -0.2) is 14.1 Å². The topological polar surface area (TPSA) is 105 Å². The normalized spacial score (nSPS) is 17.7. The lowest BCUT2D eigenvalue weighted by Crippen LogP contribution is -2.54. The van der Waals surface area contributed by atoms with Crippen LogP contribution in [0.15, 0.2) is 52.5 Å². The molecule has 4 rings (SSSR count). The summed E-state index contributed by atoms with van der Waals surface area (Å²) in [7, 11) is 0. The minimum absolute atomic E-state index is 0.00392. The smallest absolute Gasteiger partial charge is 0.335 e. The Bertz CT molecular complexity index is 1190. The minimum atomic E-state index is -0.965. The number of barbiturate groups is 1. The fourth-order valence-electron chi connectivity index (χ4n) is 3.44. The summed E-state index contributed by atoms with van der Waals surface area (Å²) in [6, 6.07) is 8.75. The summed E-state index contributed by atoms with van der Waals surface area (Å²) in [5.74, 6) is -2.14. The molecule has 2 aromatic rings. The predicted molar refractivity (Wildman–Crippen MR) is 122 cm³/mol. The van der Waals surface area contributed by atoms with Crippen molar-refractivity contribution in [2.45, 2.75) is 0 Å². The Morgan fingerprint density at radius 2 is 1.91 bits per heavy atom. The largest absolute Gasteiger partial charge is 0.483 e. The number of nitrogens with one attached hydrogen (secondary N) is 1. The maximum atomic E-state index is 13.6. The molecule has 0 spiro atoms. The van der Waals surface area contributed by atoms with E-state index < -0.39 is 23.7 Å². The number of hydrogen-bond acceptors (Lipinski definition) is 6. The third-order valence-corrected chi connectivity index (χ3v) is 5.77. The second-order valence-electron chi connectivity index (χ2n) is 7.41. The van der Waals surface area contributed by atoms with Gasteiger partial charge in [0, 0.05) is 13.1 Å². The van der Waals surface area contributed by atoms with Gasteiger partial charge < -0.3 is 14.4 Å². The number of anilines is 1. The van der Waals surface area contributed by atoms with Crippen LogP contribution in [0.3, 0.4) is 0 Å². The van der Waals surface area contributed by atoms with E-state index in [9.17, 15) is 23.6 Å². The molecule has 176 valence electrons. The average molecular weight is 532 g/mol. The highest BCUT2D eigenvalue weighted by Crippen LogP contribution is 2.28. The van der Waals surface area contributed by atoms with Crippen molar-refractivity contribution in [3.8, 4) is 5.75 Å². The van der Waals surface area contributed by atoms with Gasteiger partial charge in [0.15, 0.2) is 6.61 Å². The molecule has 2 saturated heterocycles. The number of halogens is 2. The van der Waals surface area contributed by atoms with Crippen molar-refractivity contribution in [2.24, 2.45) is 0 Å². The second-order valence-corrected chi connectivity index (χ2v) is 8.26. The summed E-state index contributed by atoms with van der Waals surface area (Å²) in [5, 5.41) is 2.09. The molecule has 0 unspecified atom stereocenters. The summed E-state index contributed by atoms with van der Waals surface area (Å²) >= 11 is 3.36. The van der Waals surface area contributed by atoms with Crippen LogP contribution >= 0.6 is 15.9 Å². The Kier molecular flexibility index (Phi) is 7.03. The first-order chi connectivity index (χ1) is 16.3. The molecular formula is C23H19BrFN3O6. The predicted octanol–water partition coefficient (Wildman–Crippen LogP) is 2.49. The molecular weight excluding hydrogens is 513 g/mol. The van der Waals surface area contributed by atoms with Crippen LogP contribution in [0.25, 0.3) is 6.08 Å². The maximum Gasteiger partial charge on any atom is 0.335 e. The molecule has 11 heteroatoms. The van der Waals surface area contributed by atoms with Crippen LogP contribution in [0.1, 0.15) is 5.56 Å². The van der Waals surface area contributed by atoms with Gasteiger partial charge in [0.05, 0.1) is 23.4 Å². The number of nitrogens with zero attached hydrogens (tertiary/aromatic N) is 2. The Hall–Kier alpha value is -3.57. The standard InChI is InChI=1S/C23H19BrFN3O6/c24-18-11-14(4-5-19(18)34-13-20(29)27-6-8-33-9-7-27)10-17-21(30)26-23(32)28(22(17)31)16-3-1-2-15(25)12-16/h1-5,10-12H,6-9,13H2,(H,26,30,32)/b17-10+. The molecule has 34 heavy (non-hydrogen) atoms. The molecule has 0 aliphatic carbocycles. The molecule has 5 amide bonds. The number of rotatable bonds is 5. The Morgan fingerprint density at radius 3 is 2.62 bits per heavy atom. The Balaban J connectivity index is 1.50. The molecule has 0 saturated carbocycles. The van der Waals surface area contributed by atoms with Crippen LogP contribution in [0, 0.1) is 5.82 Å². The van der Waals surface area contributed by atoms with Crippen molar-refractivity contribution in [1.29, 1.82) is 0 Å². The summed E-state index contributed by atoms with van der Waals surface area (Å²) in [4.78, 5) is 52.1. The molecule has 0 radical (unpaired) electrons. The zero-order valence-corrected chi connectivity index (χ0v) is 19.3. The first-order valence-corrected chi connectivity index (χ1v) is 11.1. The number of carbonyl (C=O) groups is 4. The molecule has 0 aromatic heterocycles. The van der Waals surface area contributed by atoms with Crippen LogP contribution in [0.5, 0.6) is 5.75 Å². The number of morpholine rings is 1. The number of hydrogen-bond donors (Lipinski definition) is 1. The van der Waals surface area contributed by atoms with E-state index in [1.807, 2.05) is 0 Å². The molecule has 2 aliphatic rings. The van der Waals surface area contributed by atoms with Crippen molar-refractivity contribution >= 4 is 51.4 Å². The highest BCUT2D eigenvalue weighted by Gasteiger charge is 2.37. The van der Waals surface area contributed by atoms with Crippen molar-refractivity contribution in [3.63, 3.8) is 0 Å². The van der Waals surface area contributed by atoms with Gasteiger partial charge in [-0.3, -0.25) is 19.7 Å². The third kappa shape index (κ3) is 5.15. The average Bonchev–Trinajstić information content (AvgIpc) is 2.81. The SMILES string of the molecule is O=C1NC(=O)N(c2cccc(F)c2)C(=O)/C1=C/c1ccc(OCC(=O)N2CCOCC2)c(Br)c1. The highest BCUT2D eigenvalue weighted by molar-refractivity contribution is 9.10. The van der Waals surface area contributed by atoms with Crippen LogP contribution in [-0.2, 0) is 19.1 Å². The van der Waals surface area contributed by atoms with Crippen LogP contribution in [-0.4, -0.2) is 61.6 Å². The van der Waals surface area contributed by atoms with E-state index in [0.717, 1.165) is 6.07 Å². The summed E-state index contributed by atoms with van der Waals surface area (Å²) in [6.45, 7) is 1.87. The van der Waals surface area contributed by atoms with Crippen LogP contribution in [0.2, 0.25) is 0 Å². The van der Waals surface area contributed by atoms with Gasteiger partial charge in [-0.05, 0) is 57.9 Å². The number of carbonyl (C=O) groups excluding carboxylic acids is 4. The van der Waals surface area contributed by atoms with E-state index in [2.05, 4.69) is 21.2 Å². The quantitative estimate of drug-likeness (QED) is 0.469. The van der Waals surface area contributed by atoms with Gasteiger partial charge in [0.1, 0.15) is 17.1 Å². The maximum absolute atomic E-state index is 13.6. The summed E-state index contributed by atoms with van der Waals surface area (Å²) in [6.07, 6.45) is 1.31. The van der Waals surface area contributed by atoms with Gasteiger partial charge in [-0.1, -0.05) is 12.1 Å². The van der Waals surface area contributed by atoms with Gasteiger partial charge >= 0.3 is 6.03 Å². The number of urea groups is 1. The summed E-state index contributed by atoms with van der Waals surface area (Å²) < 4.78 is 24.9. The number of ether oxygens (including phenoxy) is 2. The van der Waals surface area contributed by atoms with Gasteiger partial charge in [0.25, 0.3) is 17.7 Å². The Labute approximate surface area is 202 Å². The number of amides is 5. The summed E-state index contributed by atoms with van der Waals surface area (Å²) in [5.41, 5.74) is 0.161. The van der Waals surface area contributed by atoms with E-state index in [1.54, 1.807) is 23.1 Å². The fraction of sp³-hybridized carbons (Fsp3) is 0.217.